The molecule has 0 aliphatic carbocycles. The van der Waals surface area contributed by atoms with E-state index in [1.807, 2.05) is 67.6 Å². The van der Waals surface area contributed by atoms with Gasteiger partial charge < -0.3 is 5.32 Å². The smallest absolute Gasteiger partial charge is 0.233 e. The predicted molar refractivity (Wildman–Crippen MR) is 110 cm³/mol. The maximum Gasteiger partial charge on any atom is 0.233 e. The molecule has 0 fully saturated rings. The molecule has 0 aliphatic heterocycles. The van der Waals surface area contributed by atoms with Crippen LogP contribution in [0, 0.1) is 0 Å². The Hall–Kier alpha value is -3.19. The highest BCUT2D eigenvalue weighted by Gasteiger charge is 2.18. The average molecular weight is 389 g/mol. The van der Waals surface area contributed by atoms with Crippen molar-refractivity contribution in [2.24, 2.45) is 0 Å². The van der Waals surface area contributed by atoms with Crippen molar-refractivity contribution in [3.63, 3.8) is 0 Å². The maximum atomic E-state index is 12.5. The zero-order valence-corrected chi connectivity index (χ0v) is 16.1. The molecule has 4 aromatic rings. The molecule has 2 heterocycles. The summed E-state index contributed by atoms with van der Waals surface area (Å²) in [6.45, 7) is 2.39. The van der Waals surface area contributed by atoms with Gasteiger partial charge in [-0.15, -0.1) is 0 Å². The fraction of sp³-hybridized carbons (Fsp3) is 0.143. The highest BCUT2D eigenvalue weighted by atomic mass is 32.2. The Labute approximate surface area is 167 Å². The lowest BCUT2D eigenvalue weighted by Crippen LogP contribution is -2.30. The van der Waals surface area contributed by atoms with Crippen molar-refractivity contribution < 1.29 is 4.79 Å². The van der Waals surface area contributed by atoms with Gasteiger partial charge in [0.25, 0.3) is 0 Å². The van der Waals surface area contributed by atoms with E-state index in [1.54, 1.807) is 10.9 Å². The summed E-state index contributed by atoms with van der Waals surface area (Å²) in [6.07, 6.45) is 3.26. The van der Waals surface area contributed by atoms with E-state index in [4.69, 9.17) is 0 Å². The molecule has 2 aromatic carbocycles. The number of fused-ring (bicyclic) bond motifs is 1. The second-order valence-electron chi connectivity index (χ2n) is 6.27. The number of nitrogens with zero attached hydrogens (tertiary/aromatic N) is 4. The summed E-state index contributed by atoms with van der Waals surface area (Å²) in [6, 6.07) is 19.7. The Morgan fingerprint density at radius 1 is 1.07 bits per heavy atom. The lowest BCUT2D eigenvalue weighted by Gasteiger charge is -2.12. The van der Waals surface area contributed by atoms with Crippen molar-refractivity contribution in [1.82, 2.24) is 25.1 Å². The van der Waals surface area contributed by atoms with Gasteiger partial charge in [-0.1, -0.05) is 60.3 Å². The molecule has 28 heavy (non-hydrogen) atoms. The van der Waals surface area contributed by atoms with Gasteiger partial charge in [0.05, 0.1) is 22.5 Å². The average Bonchev–Trinajstić information content (AvgIpc) is 3.18. The van der Waals surface area contributed by atoms with Crippen LogP contribution in [0.5, 0.6) is 0 Å². The Balaban J connectivity index is 1.50. The molecule has 0 spiro atoms. The molecule has 1 unspecified atom stereocenters. The fourth-order valence-electron chi connectivity index (χ4n) is 2.82. The number of nitrogens with one attached hydrogen (secondary N) is 1. The molecule has 1 atom stereocenters. The molecule has 1 N–H and O–H groups in total. The maximum absolute atomic E-state index is 12.5. The normalized spacial score (nSPS) is 12.0. The van der Waals surface area contributed by atoms with Crippen LogP contribution in [-0.2, 0) is 11.3 Å². The van der Waals surface area contributed by atoms with Crippen LogP contribution in [0.4, 0.5) is 0 Å². The summed E-state index contributed by atoms with van der Waals surface area (Å²) in [4.78, 5) is 21.2. The topological polar surface area (TPSA) is 72.7 Å². The molecule has 0 bridgehead atoms. The predicted octanol–water partition coefficient (Wildman–Crippen LogP) is 3.61. The number of carbonyl (C=O) groups is 1. The van der Waals surface area contributed by atoms with Gasteiger partial charge in [0.15, 0.2) is 5.65 Å². The van der Waals surface area contributed by atoms with Gasteiger partial charge in [-0.3, -0.25) is 4.79 Å². The minimum atomic E-state index is -0.290. The van der Waals surface area contributed by atoms with Gasteiger partial charge >= 0.3 is 0 Å². The first kappa shape index (κ1) is 18.2. The monoisotopic (exact) mass is 389 g/mol. The summed E-state index contributed by atoms with van der Waals surface area (Å²) in [5.41, 5.74) is 2.73. The highest BCUT2D eigenvalue weighted by Crippen LogP contribution is 2.28. The number of hydrogen-bond donors (Lipinski definition) is 1. The van der Waals surface area contributed by atoms with Crippen LogP contribution in [-0.4, -0.2) is 30.9 Å². The van der Waals surface area contributed by atoms with E-state index in [1.165, 1.54) is 18.1 Å². The van der Waals surface area contributed by atoms with Crippen LogP contribution in [0.1, 0.15) is 12.5 Å². The summed E-state index contributed by atoms with van der Waals surface area (Å²) >= 11 is 1.41. The zero-order valence-electron chi connectivity index (χ0n) is 15.3. The van der Waals surface area contributed by atoms with Gasteiger partial charge in [-0.25, -0.2) is 14.6 Å². The third-order valence-electron chi connectivity index (χ3n) is 4.30. The zero-order chi connectivity index (χ0) is 19.3. The quantitative estimate of drug-likeness (QED) is 0.403. The van der Waals surface area contributed by atoms with Crippen LogP contribution in [0.3, 0.4) is 0 Å². The van der Waals surface area contributed by atoms with E-state index >= 15 is 0 Å². The minimum absolute atomic E-state index is 0.0314. The van der Waals surface area contributed by atoms with Crippen molar-refractivity contribution in [2.75, 3.05) is 0 Å². The number of carbonyl (C=O) groups excluding carboxylic acids is 1. The number of rotatable bonds is 6. The Kier molecular flexibility index (Phi) is 5.34. The lowest BCUT2D eigenvalue weighted by molar-refractivity contribution is -0.120. The van der Waals surface area contributed by atoms with Crippen LogP contribution in [0.2, 0.25) is 0 Å². The molecule has 140 valence electrons. The molecule has 0 saturated carbocycles. The first-order valence-electron chi connectivity index (χ1n) is 8.95. The van der Waals surface area contributed by atoms with Gasteiger partial charge in [0.2, 0.25) is 5.91 Å². The molecule has 0 saturated heterocycles. The summed E-state index contributed by atoms with van der Waals surface area (Å²) in [5.74, 6) is -0.0314. The summed E-state index contributed by atoms with van der Waals surface area (Å²) in [5, 5.41) is 8.72. The summed E-state index contributed by atoms with van der Waals surface area (Å²) in [7, 11) is 0. The Bertz CT molecular complexity index is 1080. The molecule has 1 amide bonds. The second-order valence-corrected chi connectivity index (χ2v) is 7.60. The largest absolute Gasteiger partial charge is 0.351 e. The molecule has 0 radical (unpaired) electrons. The van der Waals surface area contributed by atoms with E-state index in [0.29, 0.717) is 6.54 Å². The number of benzene rings is 2. The number of para-hydroxylation sites is 1. The first-order valence-corrected chi connectivity index (χ1v) is 9.83. The molecule has 2 aromatic heterocycles. The van der Waals surface area contributed by atoms with Gasteiger partial charge in [0, 0.05) is 6.54 Å². The second kappa shape index (κ2) is 8.22. The number of hydrogen-bond acceptors (Lipinski definition) is 5. The standard InChI is InChI=1S/C21H19N5OS/c1-15(20(27)22-12-16-8-4-2-5-9-16)28-21-18-13-25-26(19(18)23-14-24-21)17-10-6-3-7-11-17/h2-11,13-15H,12H2,1H3,(H,22,27). The molecular formula is C21H19N5OS. The Morgan fingerprint density at radius 3 is 2.54 bits per heavy atom. The first-order chi connectivity index (χ1) is 13.7. The van der Waals surface area contributed by atoms with Crippen LogP contribution in [0.15, 0.2) is 78.2 Å². The van der Waals surface area contributed by atoms with Crippen molar-refractivity contribution >= 4 is 28.7 Å². The van der Waals surface area contributed by atoms with Gasteiger partial charge in [-0.05, 0) is 24.6 Å². The number of aromatic nitrogens is 4. The molecular weight excluding hydrogens is 370 g/mol. The molecule has 0 aliphatic rings. The molecule has 4 rings (SSSR count). The third kappa shape index (κ3) is 3.89. The van der Waals surface area contributed by atoms with E-state index < -0.39 is 0 Å². The van der Waals surface area contributed by atoms with Crippen molar-refractivity contribution in [3.8, 4) is 5.69 Å². The molecule has 6 nitrogen and oxygen atoms in total. The van der Waals surface area contributed by atoms with Crippen LogP contribution in [0.25, 0.3) is 16.7 Å². The third-order valence-corrected chi connectivity index (χ3v) is 5.41. The lowest BCUT2D eigenvalue weighted by atomic mass is 10.2. The summed E-state index contributed by atoms with van der Waals surface area (Å²) < 4.78 is 1.78. The van der Waals surface area contributed by atoms with Crippen molar-refractivity contribution in [3.05, 3.63) is 78.8 Å². The SMILES string of the molecule is CC(Sc1ncnc2c1cnn2-c1ccccc1)C(=O)NCc1ccccc1. The van der Waals surface area contributed by atoms with E-state index in [0.717, 1.165) is 27.3 Å². The van der Waals surface area contributed by atoms with Gasteiger partial charge in [0.1, 0.15) is 11.4 Å². The molecule has 7 heteroatoms. The van der Waals surface area contributed by atoms with Crippen LogP contribution >= 0.6 is 11.8 Å². The number of amides is 1. The van der Waals surface area contributed by atoms with Crippen molar-refractivity contribution in [1.29, 1.82) is 0 Å². The minimum Gasteiger partial charge on any atom is -0.351 e. The highest BCUT2D eigenvalue weighted by molar-refractivity contribution is 8.00. The van der Waals surface area contributed by atoms with E-state index in [-0.39, 0.29) is 11.2 Å². The number of thioether (sulfide) groups is 1. The van der Waals surface area contributed by atoms with E-state index in [9.17, 15) is 4.79 Å². The van der Waals surface area contributed by atoms with Gasteiger partial charge in [-0.2, -0.15) is 5.10 Å². The van der Waals surface area contributed by atoms with Crippen molar-refractivity contribution in [2.45, 2.75) is 23.7 Å². The van der Waals surface area contributed by atoms with Crippen LogP contribution < -0.4 is 5.32 Å². The van der Waals surface area contributed by atoms with E-state index in [2.05, 4.69) is 20.4 Å². The fourth-order valence-corrected chi connectivity index (χ4v) is 3.73. The Morgan fingerprint density at radius 2 is 1.79 bits per heavy atom.